The summed E-state index contributed by atoms with van der Waals surface area (Å²) in [5, 5.41) is 7.47. The molecular formula is C14H21N7O2S. The van der Waals surface area contributed by atoms with Crippen LogP contribution in [-0.4, -0.2) is 64.0 Å². The van der Waals surface area contributed by atoms with E-state index in [9.17, 15) is 8.42 Å². The van der Waals surface area contributed by atoms with Crippen molar-refractivity contribution in [3.8, 4) is 0 Å². The van der Waals surface area contributed by atoms with Crippen molar-refractivity contribution in [1.82, 2.24) is 28.4 Å². The largest absolute Gasteiger partial charge is 0.354 e. The molecule has 130 valence electrons. The van der Waals surface area contributed by atoms with Crippen molar-refractivity contribution in [2.24, 2.45) is 5.92 Å². The Morgan fingerprint density at radius 3 is 2.71 bits per heavy atom. The van der Waals surface area contributed by atoms with E-state index in [-0.39, 0.29) is 5.92 Å². The van der Waals surface area contributed by atoms with Crippen LogP contribution in [0.2, 0.25) is 0 Å². The lowest BCUT2D eigenvalue weighted by molar-refractivity contribution is 0.326. The third kappa shape index (κ3) is 3.55. The second-order valence-electron chi connectivity index (χ2n) is 5.91. The van der Waals surface area contributed by atoms with Gasteiger partial charge in [0.2, 0.25) is 5.95 Å². The number of nitrogens with zero attached hydrogens (tertiary/aromatic N) is 6. The van der Waals surface area contributed by atoms with E-state index >= 15 is 0 Å². The van der Waals surface area contributed by atoms with Gasteiger partial charge in [-0.1, -0.05) is 0 Å². The van der Waals surface area contributed by atoms with Gasteiger partial charge in [0.05, 0.1) is 12.2 Å². The fraction of sp³-hybridized carbons (Fsp3) is 0.500. The number of anilines is 1. The zero-order chi connectivity index (χ0) is 17.2. The second-order valence-corrected chi connectivity index (χ2v) is 8.05. The van der Waals surface area contributed by atoms with E-state index < -0.39 is 10.2 Å². The van der Waals surface area contributed by atoms with Gasteiger partial charge in [0.25, 0.3) is 10.2 Å². The van der Waals surface area contributed by atoms with Crippen molar-refractivity contribution < 1.29 is 8.42 Å². The molecule has 0 saturated carbocycles. The van der Waals surface area contributed by atoms with Crippen LogP contribution in [0.4, 0.5) is 5.95 Å². The van der Waals surface area contributed by atoms with Crippen molar-refractivity contribution in [2.45, 2.75) is 13.1 Å². The van der Waals surface area contributed by atoms with Gasteiger partial charge in [-0.15, -0.1) is 0 Å². The minimum absolute atomic E-state index is 0.0460. The fourth-order valence-corrected chi connectivity index (χ4v) is 3.81. The van der Waals surface area contributed by atoms with Gasteiger partial charge < -0.3 is 5.32 Å². The molecule has 0 saturated heterocycles. The summed E-state index contributed by atoms with van der Waals surface area (Å²) >= 11 is 0. The minimum Gasteiger partial charge on any atom is -0.354 e. The molecule has 0 unspecified atom stereocenters. The van der Waals surface area contributed by atoms with Gasteiger partial charge in [0, 0.05) is 58.2 Å². The Hall–Kier alpha value is -2.04. The van der Waals surface area contributed by atoms with E-state index in [1.54, 1.807) is 38.8 Å². The molecule has 2 aromatic rings. The number of fused-ring (bicyclic) bond motifs is 1. The highest BCUT2D eigenvalue weighted by Crippen LogP contribution is 2.20. The predicted octanol–water partition coefficient (Wildman–Crippen LogP) is 0.0234. The summed E-state index contributed by atoms with van der Waals surface area (Å²) in [6.07, 6.45) is 5.03. The van der Waals surface area contributed by atoms with E-state index in [0.717, 1.165) is 5.69 Å². The van der Waals surface area contributed by atoms with Crippen molar-refractivity contribution in [3.05, 3.63) is 36.4 Å². The first-order valence-corrected chi connectivity index (χ1v) is 9.05. The maximum atomic E-state index is 12.6. The van der Waals surface area contributed by atoms with Crippen LogP contribution in [0.3, 0.4) is 0 Å². The first kappa shape index (κ1) is 16.8. The molecule has 9 nitrogen and oxygen atoms in total. The van der Waals surface area contributed by atoms with E-state index in [0.29, 0.717) is 32.1 Å². The molecule has 1 aliphatic heterocycles. The summed E-state index contributed by atoms with van der Waals surface area (Å²) in [5.41, 5.74) is 0.888. The summed E-state index contributed by atoms with van der Waals surface area (Å²) in [5.74, 6) is 0.578. The van der Waals surface area contributed by atoms with Gasteiger partial charge in [-0.3, -0.25) is 4.68 Å². The highest BCUT2D eigenvalue weighted by Gasteiger charge is 2.31. The van der Waals surface area contributed by atoms with Crippen LogP contribution < -0.4 is 5.32 Å². The highest BCUT2D eigenvalue weighted by molar-refractivity contribution is 7.86. The van der Waals surface area contributed by atoms with Crippen molar-refractivity contribution in [3.63, 3.8) is 0 Å². The lowest BCUT2D eigenvalue weighted by Crippen LogP contribution is -2.42. The third-order valence-electron chi connectivity index (χ3n) is 3.94. The van der Waals surface area contributed by atoms with E-state index in [1.165, 1.54) is 8.61 Å². The number of hydrogen-bond donors (Lipinski definition) is 1. The Kier molecular flexibility index (Phi) is 4.78. The van der Waals surface area contributed by atoms with Gasteiger partial charge in [0.1, 0.15) is 0 Å². The van der Waals surface area contributed by atoms with Crippen LogP contribution in [-0.2, 0) is 23.3 Å². The van der Waals surface area contributed by atoms with Gasteiger partial charge in [-0.05, 0) is 12.1 Å². The molecule has 0 radical (unpaired) electrons. The number of aromatic nitrogens is 4. The van der Waals surface area contributed by atoms with Crippen LogP contribution in [0.25, 0.3) is 0 Å². The first-order valence-electron chi connectivity index (χ1n) is 7.66. The van der Waals surface area contributed by atoms with Gasteiger partial charge >= 0.3 is 0 Å². The second kappa shape index (κ2) is 6.83. The topological polar surface area (TPSA) is 96.2 Å². The molecule has 0 spiro atoms. The van der Waals surface area contributed by atoms with Crippen molar-refractivity contribution in [2.75, 3.05) is 32.5 Å². The third-order valence-corrected chi connectivity index (χ3v) is 5.79. The van der Waals surface area contributed by atoms with Gasteiger partial charge in [-0.2, -0.15) is 22.1 Å². The molecule has 1 aliphatic rings. The average Bonchev–Trinajstić information content (AvgIpc) is 2.91. The Morgan fingerprint density at radius 1 is 1.25 bits per heavy atom. The van der Waals surface area contributed by atoms with Gasteiger partial charge in [0.15, 0.2) is 0 Å². The Bertz CT molecular complexity index is 775. The van der Waals surface area contributed by atoms with Crippen LogP contribution >= 0.6 is 0 Å². The molecule has 3 heterocycles. The molecule has 0 aliphatic carbocycles. The van der Waals surface area contributed by atoms with Crippen LogP contribution in [0.15, 0.2) is 30.7 Å². The SMILES string of the molecule is CN(C)S(=O)(=O)N1Cc2ccnn2C[C@@H](CNc2ncccn2)C1. The molecule has 0 fully saturated rings. The maximum absolute atomic E-state index is 12.6. The summed E-state index contributed by atoms with van der Waals surface area (Å²) in [7, 11) is -0.405. The number of rotatable bonds is 5. The van der Waals surface area contributed by atoms with E-state index in [4.69, 9.17) is 0 Å². The molecule has 0 amide bonds. The fourth-order valence-electron chi connectivity index (χ4n) is 2.66. The summed E-state index contributed by atoms with van der Waals surface area (Å²) in [6, 6.07) is 3.60. The van der Waals surface area contributed by atoms with Crippen LogP contribution in [0.5, 0.6) is 0 Å². The highest BCUT2D eigenvalue weighted by atomic mass is 32.2. The first-order chi connectivity index (χ1) is 11.5. The quantitative estimate of drug-likeness (QED) is 0.816. The standard InChI is InChI=1S/C14H21N7O2S/c1-19(2)24(22,23)20-9-12(8-17-14-15-5-3-6-16-14)10-21-13(11-20)4-7-18-21/h3-7,12H,8-11H2,1-2H3,(H,15,16,17)/t12-/m0/s1. The molecular weight excluding hydrogens is 330 g/mol. The number of hydrogen-bond acceptors (Lipinski definition) is 6. The molecule has 24 heavy (non-hydrogen) atoms. The molecule has 10 heteroatoms. The van der Waals surface area contributed by atoms with Crippen LogP contribution in [0, 0.1) is 5.92 Å². The Morgan fingerprint density at radius 2 is 2.00 bits per heavy atom. The molecule has 0 bridgehead atoms. The lowest BCUT2D eigenvalue weighted by Gasteiger charge is -2.26. The monoisotopic (exact) mass is 351 g/mol. The summed E-state index contributed by atoms with van der Waals surface area (Å²) < 4.78 is 29.7. The molecule has 1 atom stereocenters. The van der Waals surface area contributed by atoms with Crippen LogP contribution in [0.1, 0.15) is 5.69 Å². The number of nitrogens with one attached hydrogen (secondary N) is 1. The molecule has 2 aromatic heterocycles. The Labute approximate surface area is 141 Å². The van der Waals surface area contributed by atoms with Crippen molar-refractivity contribution in [1.29, 1.82) is 0 Å². The summed E-state index contributed by atoms with van der Waals surface area (Å²) in [6.45, 7) is 1.92. The Balaban J connectivity index is 1.79. The minimum atomic E-state index is -3.49. The van der Waals surface area contributed by atoms with E-state index in [2.05, 4.69) is 20.4 Å². The lowest BCUT2D eigenvalue weighted by atomic mass is 10.1. The molecule has 0 aromatic carbocycles. The zero-order valence-electron chi connectivity index (χ0n) is 13.7. The molecule has 3 rings (SSSR count). The van der Waals surface area contributed by atoms with Gasteiger partial charge in [-0.25, -0.2) is 9.97 Å². The zero-order valence-corrected chi connectivity index (χ0v) is 14.5. The smallest absolute Gasteiger partial charge is 0.281 e. The molecule has 1 N–H and O–H groups in total. The van der Waals surface area contributed by atoms with E-state index in [1.807, 2.05) is 10.7 Å². The summed E-state index contributed by atoms with van der Waals surface area (Å²) in [4.78, 5) is 8.26. The van der Waals surface area contributed by atoms with Crippen molar-refractivity contribution >= 4 is 16.2 Å². The predicted molar refractivity (Wildman–Crippen MR) is 89.3 cm³/mol. The average molecular weight is 351 g/mol. The maximum Gasteiger partial charge on any atom is 0.281 e. The normalized spacial score (nSPS) is 19.0.